The first-order valence-electron chi connectivity index (χ1n) is 5.41. The van der Waals surface area contributed by atoms with Crippen LogP contribution in [-0.2, 0) is 13.8 Å². The average molecular weight is 254 g/mol. The van der Waals surface area contributed by atoms with Crippen LogP contribution in [0.4, 0.5) is 0 Å². The van der Waals surface area contributed by atoms with Gasteiger partial charge in [-0.25, -0.2) is 0 Å². The summed E-state index contributed by atoms with van der Waals surface area (Å²) in [6.45, 7) is 1.88. The highest BCUT2D eigenvalue weighted by molar-refractivity contribution is 7.56. The summed E-state index contributed by atoms with van der Waals surface area (Å²) in [5.74, 6) is -0.236. The molecule has 0 amide bonds. The summed E-state index contributed by atoms with van der Waals surface area (Å²) in [5.41, 5.74) is -0.720. The van der Waals surface area contributed by atoms with Gasteiger partial charge in [-0.1, -0.05) is 18.2 Å². The maximum Gasteiger partial charge on any atom is 0.205 e. The van der Waals surface area contributed by atoms with Crippen molar-refractivity contribution in [3.63, 3.8) is 0 Å². The molecule has 1 aliphatic rings. The number of hydrogen-bond acceptors (Lipinski definition) is 4. The first-order chi connectivity index (χ1) is 8.15. The standard InChI is InChI=1S/C12H15O4P/c1-12(11(14)7-13)8-15-17(16-9-12)10-5-3-2-4-6-10/h2-6,13H,7-9H2,1H3. The SMILES string of the molecule is CC1(C(=O)CO)COP(c2ccccc2)OC1. The quantitative estimate of drug-likeness (QED) is 0.824. The third kappa shape index (κ3) is 2.72. The first kappa shape index (κ1) is 12.7. The number of aliphatic hydroxyl groups excluding tert-OH is 1. The zero-order valence-electron chi connectivity index (χ0n) is 9.63. The summed E-state index contributed by atoms with van der Waals surface area (Å²) in [4.78, 5) is 11.5. The molecule has 0 saturated carbocycles. The maximum absolute atomic E-state index is 11.5. The molecule has 2 rings (SSSR count). The number of hydrogen-bond donors (Lipinski definition) is 1. The maximum atomic E-state index is 11.5. The van der Waals surface area contributed by atoms with Crippen LogP contribution in [0.5, 0.6) is 0 Å². The zero-order chi connectivity index (χ0) is 12.3. The molecule has 92 valence electrons. The predicted octanol–water partition coefficient (Wildman–Crippen LogP) is 1.24. The minimum absolute atomic E-state index is 0.236. The van der Waals surface area contributed by atoms with Crippen molar-refractivity contribution in [2.24, 2.45) is 5.41 Å². The fourth-order valence-corrected chi connectivity index (χ4v) is 3.12. The summed E-state index contributed by atoms with van der Waals surface area (Å²) in [6.07, 6.45) is 0. The minimum atomic E-state index is -1.09. The van der Waals surface area contributed by atoms with Gasteiger partial charge in [0.1, 0.15) is 6.61 Å². The second-order valence-electron chi connectivity index (χ2n) is 4.28. The monoisotopic (exact) mass is 254 g/mol. The fraction of sp³-hybridized carbons (Fsp3) is 0.417. The van der Waals surface area contributed by atoms with E-state index in [4.69, 9.17) is 14.2 Å². The third-order valence-corrected chi connectivity index (χ3v) is 4.23. The molecule has 1 heterocycles. The van der Waals surface area contributed by atoms with Gasteiger partial charge in [0, 0.05) is 5.30 Å². The number of rotatable bonds is 3. The van der Waals surface area contributed by atoms with E-state index in [1.165, 1.54) is 0 Å². The number of aliphatic hydroxyl groups is 1. The molecule has 1 aliphatic heterocycles. The van der Waals surface area contributed by atoms with Crippen molar-refractivity contribution in [2.45, 2.75) is 6.92 Å². The van der Waals surface area contributed by atoms with Crippen LogP contribution in [0, 0.1) is 5.41 Å². The lowest BCUT2D eigenvalue weighted by molar-refractivity contribution is -0.136. The van der Waals surface area contributed by atoms with Gasteiger partial charge in [0.15, 0.2) is 5.78 Å². The molecular formula is C12H15O4P. The average Bonchev–Trinajstić information content (AvgIpc) is 2.39. The molecule has 0 atom stereocenters. The van der Waals surface area contributed by atoms with Crippen molar-refractivity contribution in [1.82, 2.24) is 0 Å². The molecule has 0 spiro atoms. The molecule has 5 heteroatoms. The third-order valence-electron chi connectivity index (χ3n) is 2.78. The molecule has 1 fully saturated rings. The Morgan fingerprint density at radius 1 is 1.35 bits per heavy atom. The Labute approximate surface area is 101 Å². The van der Waals surface area contributed by atoms with E-state index in [1.807, 2.05) is 30.3 Å². The van der Waals surface area contributed by atoms with Gasteiger partial charge < -0.3 is 14.2 Å². The lowest BCUT2D eigenvalue weighted by Crippen LogP contribution is -2.41. The van der Waals surface area contributed by atoms with E-state index in [2.05, 4.69) is 0 Å². The minimum Gasteiger partial charge on any atom is -0.389 e. The summed E-state index contributed by atoms with van der Waals surface area (Å²) >= 11 is 0. The van der Waals surface area contributed by atoms with Crippen LogP contribution in [0.2, 0.25) is 0 Å². The lowest BCUT2D eigenvalue weighted by Gasteiger charge is -2.35. The molecular weight excluding hydrogens is 239 g/mol. The van der Waals surface area contributed by atoms with Crippen LogP contribution < -0.4 is 5.30 Å². The van der Waals surface area contributed by atoms with Crippen molar-refractivity contribution in [1.29, 1.82) is 0 Å². The summed E-state index contributed by atoms with van der Waals surface area (Å²) in [7, 11) is -1.09. The number of carbonyl (C=O) groups excluding carboxylic acids is 1. The van der Waals surface area contributed by atoms with E-state index in [0.29, 0.717) is 13.2 Å². The molecule has 1 N–H and O–H groups in total. The molecule has 4 nitrogen and oxygen atoms in total. The van der Waals surface area contributed by atoms with Crippen molar-refractivity contribution < 1.29 is 18.9 Å². The highest BCUT2D eigenvalue weighted by atomic mass is 31.2. The zero-order valence-corrected chi connectivity index (χ0v) is 10.5. The van der Waals surface area contributed by atoms with Gasteiger partial charge in [-0.3, -0.25) is 4.79 Å². The Bertz CT molecular complexity index is 385. The number of benzene rings is 1. The van der Waals surface area contributed by atoms with Gasteiger partial charge in [-0.05, 0) is 19.1 Å². The largest absolute Gasteiger partial charge is 0.389 e. The Kier molecular flexibility index (Phi) is 3.89. The number of Topliss-reactive ketones (excluding diaryl/α,β-unsaturated/α-hetero) is 1. The summed E-state index contributed by atoms with van der Waals surface area (Å²) in [6, 6.07) is 9.68. The molecule has 0 radical (unpaired) electrons. The summed E-state index contributed by atoms with van der Waals surface area (Å²) < 4.78 is 11.2. The molecule has 1 aromatic rings. The number of carbonyl (C=O) groups is 1. The smallest absolute Gasteiger partial charge is 0.205 e. The Morgan fingerprint density at radius 2 is 1.94 bits per heavy atom. The van der Waals surface area contributed by atoms with Gasteiger partial charge in [-0.2, -0.15) is 0 Å². The van der Waals surface area contributed by atoms with Crippen molar-refractivity contribution >= 4 is 19.5 Å². The Balaban J connectivity index is 2.01. The van der Waals surface area contributed by atoms with E-state index >= 15 is 0 Å². The van der Waals surface area contributed by atoms with Crippen LogP contribution in [0.3, 0.4) is 0 Å². The molecule has 1 saturated heterocycles. The van der Waals surface area contributed by atoms with Crippen LogP contribution in [0.25, 0.3) is 0 Å². The van der Waals surface area contributed by atoms with Gasteiger partial charge in [0.25, 0.3) is 0 Å². The number of ketones is 1. The fourth-order valence-electron chi connectivity index (χ4n) is 1.53. The van der Waals surface area contributed by atoms with Crippen LogP contribution in [-0.4, -0.2) is 30.7 Å². The normalized spacial score (nSPS) is 28.9. The van der Waals surface area contributed by atoms with Gasteiger partial charge in [-0.15, -0.1) is 0 Å². The van der Waals surface area contributed by atoms with Crippen molar-refractivity contribution in [3.8, 4) is 0 Å². The summed E-state index contributed by atoms with van der Waals surface area (Å²) in [5, 5.41) is 9.88. The van der Waals surface area contributed by atoms with Crippen LogP contribution in [0.15, 0.2) is 30.3 Å². The molecule has 0 aromatic heterocycles. The van der Waals surface area contributed by atoms with Crippen molar-refractivity contribution in [3.05, 3.63) is 30.3 Å². The van der Waals surface area contributed by atoms with Gasteiger partial charge in [0.2, 0.25) is 8.38 Å². The van der Waals surface area contributed by atoms with E-state index in [0.717, 1.165) is 5.30 Å². The molecule has 0 bridgehead atoms. The topological polar surface area (TPSA) is 55.8 Å². The molecule has 0 aliphatic carbocycles. The molecule has 1 aromatic carbocycles. The predicted molar refractivity (Wildman–Crippen MR) is 65.1 cm³/mol. The second-order valence-corrected chi connectivity index (χ2v) is 5.83. The lowest BCUT2D eigenvalue weighted by atomic mass is 9.88. The van der Waals surface area contributed by atoms with E-state index in [9.17, 15) is 4.79 Å². The van der Waals surface area contributed by atoms with Crippen molar-refractivity contribution in [2.75, 3.05) is 19.8 Å². The van der Waals surface area contributed by atoms with Gasteiger partial charge >= 0.3 is 0 Å². The van der Waals surface area contributed by atoms with E-state index in [1.54, 1.807) is 6.92 Å². The van der Waals surface area contributed by atoms with E-state index < -0.39 is 20.4 Å². The second kappa shape index (κ2) is 5.23. The van der Waals surface area contributed by atoms with Crippen LogP contribution in [0.1, 0.15) is 6.92 Å². The Morgan fingerprint density at radius 3 is 2.47 bits per heavy atom. The van der Waals surface area contributed by atoms with Crippen LogP contribution >= 0.6 is 8.38 Å². The highest BCUT2D eigenvalue weighted by Gasteiger charge is 2.39. The Hall–Kier alpha value is -0.800. The van der Waals surface area contributed by atoms with E-state index in [-0.39, 0.29) is 5.78 Å². The van der Waals surface area contributed by atoms with Gasteiger partial charge in [0.05, 0.1) is 18.6 Å². The highest BCUT2D eigenvalue weighted by Crippen LogP contribution is 2.45. The first-order valence-corrected chi connectivity index (χ1v) is 6.59. The molecule has 0 unspecified atom stereocenters. The molecule has 17 heavy (non-hydrogen) atoms.